The predicted molar refractivity (Wildman–Crippen MR) is 118 cm³/mol. The van der Waals surface area contributed by atoms with E-state index in [1.54, 1.807) is 6.07 Å². The number of nitrogens with zero attached hydrogens (tertiary/aromatic N) is 4. The third-order valence-corrected chi connectivity index (χ3v) is 5.52. The average molecular weight is 431 g/mol. The van der Waals surface area contributed by atoms with Gasteiger partial charge in [0.15, 0.2) is 0 Å². The molecule has 0 radical (unpaired) electrons. The van der Waals surface area contributed by atoms with Crippen LogP contribution in [0.4, 0.5) is 0 Å². The van der Waals surface area contributed by atoms with Crippen LogP contribution < -0.4 is 39.5 Å². The summed E-state index contributed by atoms with van der Waals surface area (Å²) in [4.78, 5) is 0. The molecule has 0 fully saturated rings. The van der Waals surface area contributed by atoms with Gasteiger partial charge in [-0.2, -0.15) is 0 Å². The molecule has 0 atom stereocenters. The fourth-order valence-corrected chi connectivity index (χ4v) is 3.62. The molecule has 0 saturated carbocycles. The van der Waals surface area contributed by atoms with Crippen molar-refractivity contribution in [2.24, 2.45) is 0 Å². The Labute approximate surface area is 207 Å². The van der Waals surface area contributed by atoms with Gasteiger partial charge in [0.05, 0.1) is 6.61 Å². The number of phenols is 1. The fraction of sp³-hybridized carbons (Fsp3) is 0.458. The topological polar surface area (TPSA) is 82.2 Å². The van der Waals surface area contributed by atoms with Crippen molar-refractivity contribution in [3.05, 3.63) is 53.3 Å². The van der Waals surface area contributed by atoms with Crippen LogP contribution in [-0.2, 0) is 11.8 Å². The number of phenolic OH excluding ortho intramolecular Hbond substituents is 1. The standard InChI is InChI=1S/C24H31N4O2.Na/c1-5-18-15-20(19-11-9-10-17(2)14-19)21(29)16-22(18)30-13-8-6-7-12-24(3,4)23-25-27-28-26-23;/h9-11,14-16H,5-8,12-13H2,1-4H3,(H-,25,26,27,28,29);/q-1;+1. The van der Waals surface area contributed by atoms with Crippen LogP contribution in [0.3, 0.4) is 0 Å². The second-order valence-electron chi connectivity index (χ2n) is 8.45. The molecule has 1 aromatic heterocycles. The van der Waals surface area contributed by atoms with E-state index in [0.717, 1.165) is 54.5 Å². The van der Waals surface area contributed by atoms with Gasteiger partial charge in [0.2, 0.25) is 0 Å². The van der Waals surface area contributed by atoms with E-state index in [9.17, 15) is 5.11 Å². The Kier molecular flexibility index (Phi) is 9.54. The molecule has 7 heteroatoms. The Hall–Kier alpha value is -1.89. The quantitative estimate of drug-likeness (QED) is 0.391. The van der Waals surface area contributed by atoms with Crippen molar-refractivity contribution in [1.29, 1.82) is 0 Å². The first-order valence-electron chi connectivity index (χ1n) is 10.7. The maximum Gasteiger partial charge on any atom is 1.00 e. The van der Waals surface area contributed by atoms with Gasteiger partial charge in [-0.05, 0) is 43.4 Å². The molecular weight excluding hydrogens is 399 g/mol. The van der Waals surface area contributed by atoms with Crippen LogP contribution in [0.1, 0.15) is 63.4 Å². The van der Waals surface area contributed by atoms with Gasteiger partial charge < -0.3 is 14.9 Å². The number of hydrogen-bond donors (Lipinski definition) is 1. The van der Waals surface area contributed by atoms with Crippen LogP contribution in [0.5, 0.6) is 11.5 Å². The molecule has 0 aliphatic carbocycles. The summed E-state index contributed by atoms with van der Waals surface area (Å²) in [7, 11) is 0. The summed E-state index contributed by atoms with van der Waals surface area (Å²) >= 11 is 0. The minimum atomic E-state index is -0.114. The van der Waals surface area contributed by atoms with Gasteiger partial charge in [-0.1, -0.05) is 63.4 Å². The van der Waals surface area contributed by atoms with E-state index in [1.807, 2.05) is 18.2 Å². The number of aromatic nitrogens is 4. The fourth-order valence-electron chi connectivity index (χ4n) is 3.62. The van der Waals surface area contributed by atoms with Crippen molar-refractivity contribution in [3.8, 4) is 22.6 Å². The average Bonchev–Trinajstić information content (AvgIpc) is 3.26. The number of aryl methyl sites for hydroxylation is 2. The predicted octanol–water partition coefficient (Wildman–Crippen LogP) is 1.99. The Bertz CT molecular complexity index is 958. The number of aromatic hydroxyl groups is 1. The summed E-state index contributed by atoms with van der Waals surface area (Å²) in [5.74, 6) is 1.73. The number of rotatable bonds is 10. The normalized spacial score (nSPS) is 11.2. The second kappa shape index (κ2) is 11.7. The molecular formula is C24H31N4NaO2. The van der Waals surface area contributed by atoms with Crippen LogP contribution in [-0.4, -0.2) is 27.1 Å². The van der Waals surface area contributed by atoms with Gasteiger partial charge in [0.1, 0.15) is 11.5 Å². The summed E-state index contributed by atoms with van der Waals surface area (Å²) < 4.78 is 6.02. The van der Waals surface area contributed by atoms with Crippen LogP contribution in [0, 0.1) is 6.92 Å². The smallest absolute Gasteiger partial charge is 0.507 e. The first-order valence-corrected chi connectivity index (χ1v) is 10.7. The SMILES string of the molecule is CCc1cc(-c2cccc(C)c2)c(O)cc1OCCCCCC(C)(C)c1nn[n-]n1.[Na+]. The molecule has 0 aliphatic heterocycles. The van der Waals surface area contributed by atoms with Crippen molar-refractivity contribution in [1.82, 2.24) is 20.6 Å². The molecule has 0 amide bonds. The summed E-state index contributed by atoms with van der Waals surface area (Å²) in [5, 5.41) is 25.7. The summed E-state index contributed by atoms with van der Waals surface area (Å²) in [6.45, 7) is 9.03. The molecule has 3 rings (SSSR count). The molecule has 0 bridgehead atoms. The molecule has 31 heavy (non-hydrogen) atoms. The van der Waals surface area contributed by atoms with Gasteiger partial charge in [-0.25, -0.2) is 0 Å². The summed E-state index contributed by atoms with van der Waals surface area (Å²) in [6, 6.07) is 12.0. The molecule has 1 N–H and O–H groups in total. The number of hydrogen-bond acceptors (Lipinski definition) is 5. The Balaban J connectivity index is 0.00000341. The van der Waals surface area contributed by atoms with Crippen LogP contribution in [0.2, 0.25) is 0 Å². The zero-order valence-corrected chi connectivity index (χ0v) is 21.4. The van der Waals surface area contributed by atoms with Gasteiger partial charge in [0, 0.05) is 22.9 Å². The zero-order valence-electron chi connectivity index (χ0n) is 19.4. The minimum Gasteiger partial charge on any atom is -0.507 e. The molecule has 160 valence electrons. The molecule has 2 aromatic carbocycles. The monoisotopic (exact) mass is 430 g/mol. The number of ether oxygens (including phenoxy) is 1. The van der Waals surface area contributed by atoms with Gasteiger partial charge in [-0.3, -0.25) is 15.5 Å². The van der Waals surface area contributed by atoms with E-state index < -0.39 is 0 Å². The maximum absolute atomic E-state index is 10.6. The van der Waals surface area contributed by atoms with Crippen molar-refractivity contribution in [2.75, 3.05) is 6.61 Å². The maximum atomic E-state index is 10.6. The van der Waals surface area contributed by atoms with E-state index in [1.165, 1.54) is 5.56 Å². The zero-order chi connectivity index (χ0) is 21.6. The molecule has 0 unspecified atom stereocenters. The molecule has 0 spiro atoms. The first kappa shape index (κ1) is 25.4. The van der Waals surface area contributed by atoms with E-state index >= 15 is 0 Å². The Morgan fingerprint density at radius 3 is 2.58 bits per heavy atom. The third kappa shape index (κ3) is 6.79. The second-order valence-corrected chi connectivity index (χ2v) is 8.45. The van der Waals surface area contributed by atoms with Crippen molar-refractivity contribution in [3.63, 3.8) is 0 Å². The van der Waals surface area contributed by atoms with E-state index in [-0.39, 0.29) is 40.7 Å². The number of tetrazole rings is 1. The van der Waals surface area contributed by atoms with Gasteiger partial charge in [-0.15, -0.1) is 0 Å². The van der Waals surface area contributed by atoms with E-state index in [2.05, 4.69) is 60.5 Å². The van der Waals surface area contributed by atoms with Crippen LogP contribution in [0.25, 0.3) is 11.1 Å². The molecule has 6 nitrogen and oxygen atoms in total. The number of unbranched alkanes of at least 4 members (excludes halogenated alkanes) is 2. The Morgan fingerprint density at radius 1 is 1.10 bits per heavy atom. The summed E-state index contributed by atoms with van der Waals surface area (Å²) in [5.41, 5.74) is 4.04. The van der Waals surface area contributed by atoms with Crippen LogP contribution >= 0.6 is 0 Å². The largest absolute Gasteiger partial charge is 1.00 e. The third-order valence-electron chi connectivity index (χ3n) is 5.52. The molecule has 0 aliphatic rings. The van der Waals surface area contributed by atoms with E-state index in [4.69, 9.17) is 4.74 Å². The first-order chi connectivity index (χ1) is 14.4. The van der Waals surface area contributed by atoms with Gasteiger partial charge >= 0.3 is 29.6 Å². The van der Waals surface area contributed by atoms with Crippen LogP contribution in [0.15, 0.2) is 36.4 Å². The minimum absolute atomic E-state index is 0. The molecule has 0 saturated heterocycles. The van der Waals surface area contributed by atoms with Gasteiger partial charge in [0.25, 0.3) is 0 Å². The van der Waals surface area contributed by atoms with Crippen molar-refractivity contribution in [2.45, 2.75) is 65.2 Å². The van der Waals surface area contributed by atoms with Crippen molar-refractivity contribution >= 4 is 0 Å². The molecule has 3 aromatic rings. The van der Waals surface area contributed by atoms with E-state index in [0.29, 0.717) is 12.4 Å². The number of benzene rings is 2. The molecule has 1 heterocycles. The van der Waals surface area contributed by atoms with Crippen molar-refractivity contribution < 1.29 is 39.4 Å². The summed E-state index contributed by atoms with van der Waals surface area (Å²) in [6.07, 6.45) is 4.90. The Morgan fingerprint density at radius 2 is 1.90 bits per heavy atom.